The molecule has 0 aliphatic carbocycles. The predicted octanol–water partition coefficient (Wildman–Crippen LogP) is 2.59. The van der Waals surface area contributed by atoms with Gasteiger partial charge >= 0.3 is 0 Å². The Hall–Kier alpha value is -1.39. The summed E-state index contributed by atoms with van der Waals surface area (Å²) < 4.78 is 23.8. The van der Waals surface area contributed by atoms with Crippen LogP contribution in [0.3, 0.4) is 0 Å². The molecule has 0 aliphatic heterocycles. The Bertz CT molecular complexity index is 528. The normalized spacial score (nSPS) is 14.5. The van der Waals surface area contributed by atoms with Crippen LogP contribution in [0, 0.1) is 5.92 Å². The van der Waals surface area contributed by atoms with Crippen molar-refractivity contribution >= 4 is 9.84 Å². The molecule has 0 saturated heterocycles. The minimum absolute atomic E-state index is 0.0425. The third kappa shape index (κ3) is 5.41. The molecule has 0 aliphatic rings. The topological polar surface area (TPSA) is 54.4 Å². The molecule has 0 fully saturated rings. The van der Waals surface area contributed by atoms with E-state index in [1.54, 1.807) is 54.6 Å². The SMILES string of the molecule is CC(C)C(O)/C=C/C=C/CS(=O)(=O)c1ccccc1. The van der Waals surface area contributed by atoms with Crippen molar-refractivity contribution in [3.05, 3.63) is 54.6 Å². The van der Waals surface area contributed by atoms with E-state index >= 15 is 0 Å². The zero-order valence-corrected chi connectivity index (χ0v) is 12.0. The van der Waals surface area contributed by atoms with Crippen molar-refractivity contribution in [3.63, 3.8) is 0 Å². The van der Waals surface area contributed by atoms with E-state index in [1.807, 2.05) is 13.8 Å². The third-order valence-electron chi connectivity index (χ3n) is 2.66. The Morgan fingerprint density at radius 3 is 2.37 bits per heavy atom. The molecule has 1 rings (SSSR count). The van der Waals surface area contributed by atoms with Crippen LogP contribution in [-0.2, 0) is 9.84 Å². The monoisotopic (exact) mass is 280 g/mol. The van der Waals surface area contributed by atoms with E-state index in [1.165, 1.54) is 0 Å². The van der Waals surface area contributed by atoms with E-state index in [-0.39, 0.29) is 11.7 Å². The maximum Gasteiger partial charge on any atom is 0.181 e. The van der Waals surface area contributed by atoms with Crippen molar-refractivity contribution in [2.45, 2.75) is 24.8 Å². The van der Waals surface area contributed by atoms with Gasteiger partial charge in [-0.3, -0.25) is 0 Å². The second-order valence-corrected chi connectivity index (χ2v) is 6.68. The minimum atomic E-state index is -3.26. The molecule has 0 saturated carbocycles. The standard InChI is InChI=1S/C15H20O3S/c1-13(2)15(16)11-7-4-8-12-19(17,18)14-9-5-3-6-10-14/h3-11,13,15-16H,12H2,1-2H3/b8-4+,11-7+. The second-order valence-electron chi connectivity index (χ2n) is 4.64. The van der Waals surface area contributed by atoms with Crippen LogP contribution in [0.25, 0.3) is 0 Å². The summed E-state index contributed by atoms with van der Waals surface area (Å²) in [7, 11) is -3.26. The molecule has 3 nitrogen and oxygen atoms in total. The van der Waals surface area contributed by atoms with Crippen LogP contribution in [0.5, 0.6) is 0 Å². The average Bonchev–Trinajstić information content (AvgIpc) is 2.39. The zero-order chi connectivity index (χ0) is 14.3. The predicted molar refractivity (Wildman–Crippen MR) is 77.6 cm³/mol. The summed E-state index contributed by atoms with van der Waals surface area (Å²) in [6.45, 7) is 3.83. The minimum Gasteiger partial charge on any atom is -0.389 e. The molecule has 104 valence electrons. The van der Waals surface area contributed by atoms with Crippen molar-refractivity contribution < 1.29 is 13.5 Å². The first kappa shape index (κ1) is 15.7. The van der Waals surface area contributed by atoms with Gasteiger partial charge in [-0.05, 0) is 18.1 Å². The van der Waals surface area contributed by atoms with Gasteiger partial charge in [-0.25, -0.2) is 8.42 Å². The number of aliphatic hydroxyl groups is 1. The lowest BCUT2D eigenvalue weighted by Gasteiger charge is -2.07. The summed E-state index contributed by atoms with van der Waals surface area (Å²) in [4.78, 5) is 0.325. The van der Waals surface area contributed by atoms with Gasteiger partial charge in [-0.1, -0.05) is 56.4 Å². The number of allylic oxidation sites excluding steroid dienone is 2. The maximum absolute atomic E-state index is 11.9. The molecular formula is C15H20O3S. The van der Waals surface area contributed by atoms with Gasteiger partial charge in [0.05, 0.1) is 16.8 Å². The fraction of sp³-hybridized carbons (Fsp3) is 0.333. The highest BCUT2D eigenvalue weighted by atomic mass is 32.2. The van der Waals surface area contributed by atoms with Gasteiger partial charge < -0.3 is 5.11 Å². The summed E-state index contributed by atoms with van der Waals surface area (Å²) in [5.74, 6) is 0.108. The summed E-state index contributed by atoms with van der Waals surface area (Å²) in [5, 5.41) is 9.52. The lowest BCUT2D eigenvalue weighted by molar-refractivity contribution is 0.172. The van der Waals surface area contributed by atoms with Gasteiger partial charge in [0.25, 0.3) is 0 Å². The van der Waals surface area contributed by atoms with Crippen molar-refractivity contribution in [1.29, 1.82) is 0 Å². The van der Waals surface area contributed by atoms with Crippen molar-refractivity contribution in [2.24, 2.45) is 5.92 Å². The quantitative estimate of drug-likeness (QED) is 0.815. The second kappa shape index (κ2) is 7.26. The summed E-state index contributed by atoms with van der Waals surface area (Å²) in [6, 6.07) is 8.36. The van der Waals surface area contributed by atoms with Gasteiger partial charge in [0.1, 0.15) is 0 Å². The lowest BCUT2D eigenvalue weighted by Crippen LogP contribution is -2.10. The molecule has 0 aromatic heterocycles. The average molecular weight is 280 g/mol. The van der Waals surface area contributed by atoms with E-state index in [4.69, 9.17) is 0 Å². The van der Waals surface area contributed by atoms with Gasteiger partial charge in [-0.15, -0.1) is 0 Å². The van der Waals surface area contributed by atoms with Crippen molar-refractivity contribution in [2.75, 3.05) is 5.75 Å². The molecule has 0 heterocycles. The van der Waals surface area contributed by atoms with Crippen molar-refractivity contribution in [3.8, 4) is 0 Å². The molecular weight excluding hydrogens is 260 g/mol. The molecule has 0 bridgehead atoms. The van der Waals surface area contributed by atoms with E-state index in [0.29, 0.717) is 4.90 Å². The Morgan fingerprint density at radius 1 is 1.16 bits per heavy atom. The molecule has 1 aromatic rings. The Kier molecular flexibility index (Phi) is 5.99. The van der Waals surface area contributed by atoms with Gasteiger partial charge in [-0.2, -0.15) is 0 Å². The smallest absolute Gasteiger partial charge is 0.181 e. The van der Waals surface area contributed by atoms with Gasteiger partial charge in [0, 0.05) is 0 Å². The molecule has 0 radical (unpaired) electrons. The van der Waals surface area contributed by atoms with Crippen LogP contribution in [0.2, 0.25) is 0 Å². The summed E-state index contributed by atoms with van der Waals surface area (Å²) in [5.41, 5.74) is 0. The Morgan fingerprint density at radius 2 is 1.79 bits per heavy atom. The van der Waals surface area contributed by atoms with Crippen LogP contribution < -0.4 is 0 Å². The molecule has 1 atom stereocenters. The van der Waals surface area contributed by atoms with E-state index in [9.17, 15) is 13.5 Å². The summed E-state index contributed by atoms with van der Waals surface area (Å²) >= 11 is 0. The Balaban J connectivity index is 2.58. The third-order valence-corrected chi connectivity index (χ3v) is 4.28. The number of sulfone groups is 1. The van der Waals surface area contributed by atoms with E-state index in [0.717, 1.165) is 0 Å². The van der Waals surface area contributed by atoms with Crippen molar-refractivity contribution in [1.82, 2.24) is 0 Å². The molecule has 4 heteroatoms. The van der Waals surface area contributed by atoms with Crippen LogP contribution in [0.4, 0.5) is 0 Å². The Labute approximate surface area is 115 Å². The highest BCUT2D eigenvalue weighted by Gasteiger charge is 2.10. The molecule has 1 unspecified atom stereocenters. The molecule has 0 amide bonds. The van der Waals surface area contributed by atoms with Crippen LogP contribution in [-0.4, -0.2) is 25.4 Å². The van der Waals surface area contributed by atoms with Gasteiger partial charge in [0.2, 0.25) is 0 Å². The van der Waals surface area contributed by atoms with Crippen LogP contribution in [0.1, 0.15) is 13.8 Å². The maximum atomic E-state index is 11.9. The van der Waals surface area contributed by atoms with Crippen LogP contribution in [0.15, 0.2) is 59.5 Å². The molecule has 19 heavy (non-hydrogen) atoms. The number of benzene rings is 1. The van der Waals surface area contributed by atoms with E-state index < -0.39 is 15.9 Å². The number of rotatable bonds is 6. The van der Waals surface area contributed by atoms with Gasteiger partial charge in [0.15, 0.2) is 9.84 Å². The first-order valence-electron chi connectivity index (χ1n) is 6.22. The highest BCUT2D eigenvalue weighted by molar-refractivity contribution is 7.91. The van der Waals surface area contributed by atoms with Crippen LogP contribution >= 0.6 is 0 Å². The largest absolute Gasteiger partial charge is 0.389 e. The molecule has 0 spiro atoms. The first-order valence-corrected chi connectivity index (χ1v) is 7.88. The molecule has 1 aromatic carbocycles. The fourth-order valence-corrected chi connectivity index (χ4v) is 2.51. The molecule has 1 N–H and O–H groups in total. The number of hydrogen-bond donors (Lipinski definition) is 1. The van der Waals surface area contributed by atoms with E-state index in [2.05, 4.69) is 0 Å². The first-order chi connectivity index (χ1) is 8.93. The number of aliphatic hydroxyl groups excluding tert-OH is 1. The summed E-state index contributed by atoms with van der Waals surface area (Å²) in [6.07, 6.45) is 6.04. The number of hydrogen-bond acceptors (Lipinski definition) is 3. The fourth-order valence-electron chi connectivity index (χ4n) is 1.39. The zero-order valence-electron chi connectivity index (χ0n) is 11.2. The highest BCUT2D eigenvalue weighted by Crippen LogP contribution is 2.10. The lowest BCUT2D eigenvalue weighted by atomic mass is 10.1.